The van der Waals surface area contributed by atoms with Crippen molar-refractivity contribution in [3.8, 4) is 0 Å². The van der Waals surface area contributed by atoms with Gasteiger partial charge in [-0.2, -0.15) is 0 Å². The van der Waals surface area contributed by atoms with E-state index in [1.54, 1.807) is 0 Å². The summed E-state index contributed by atoms with van der Waals surface area (Å²) in [5.41, 5.74) is 5.33. The summed E-state index contributed by atoms with van der Waals surface area (Å²) in [6, 6.07) is -1.53. The third-order valence-corrected chi connectivity index (χ3v) is 10.6. The largest absolute Gasteiger partial charge is 0.480 e. The van der Waals surface area contributed by atoms with Crippen molar-refractivity contribution in [1.82, 2.24) is 0 Å². The van der Waals surface area contributed by atoms with Crippen LogP contribution in [0.5, 0.6) is 0 Å². The molecule has 0 amide bonds. The number of ether oxygens (including phenoxy) is 3. The van der Waals surface area contributed by atoms with Gasteiger partial charge < -0.3 is 29.9 Å². The minimum Gasteiger partial charge on any atom is -0.480 e. The lowest BCUT2D eigenvalue weighted by molar-refractivity contribution is -0.161. The van der Waals surface area contributed by atoms with Gasteiger partial charge in [-0.25, -0.2) is 4.57 Å². The number of unbranched alkanes of at least 4 members (excludes halogenated alkanes) is 13. The SMILES string of the molecule is CCCCC/C=C\C/C=C\C/C=C\C/C=C\CCCCCC(=O)OC[C@H](COP(=O)(O)OC[C@H](N)C(=O)O)OC(=O)CCCCCCCC1OC1C/C=C\CCCCC. The van der Waals surface area contributed by atoms with Gasteiger partial charge in [-0.1, -0.05) is 132 Å². The zero-order valence-electron chi connectivity index (χ0n) is 36.3. The average Bonchev–Trinajstić information content (AvgIpc) is 3.97. The first-order chi connectivity index (χ1) is 28.6. The van der Waals surface area contributed by atoms with Gasteiger partial charge in [0.25, 0.3) is 0 Å². The summed E-state index contributed by atoms with van der Waals surface area (Å²) in [5.74, 6) is -2.45. The van der Waals surface area contributed by atoms with E-state index in [4.69, 9.17) is 29.6 Å². The quantitative estimate of drug-likeness (QED) is 0.0174. The van der Waals surface area contributed by atoms with Crippen molar-refractivity contribution in [3.05, 3.63) is 60.8 Å². The number of rotatable bonds is 40. The van der Waals surface area contributed by atoms with Crippen LogP contribution in [0.4, 0.5) is 0 Å². The monoisotopic (exact) mass is 852 g/mol. The number of phosphoric acid groups is 1. The molecule has 5 atom stereocenters. The van der Waals surface area contributed by atoms with Crippen molar-refractivity contribution < 1.29 is 52.2 Å². The van der Waals surface area contributed by atoms with Crippen molar-refractivity contribution in [2.75, 3.05) is 19.8 Å². The molecule has 13 heteroatoms. The highest BCUT2D eigenvalue weighted by atomic mass is 31.2. The van der Waals surface area contributed by atoms with E-state index >= 15 is 0 Å². The van der Waals surface area contributed by atoms with Gasteiger partial charge in [0.15, 0.2) is 6.10 Å². The summed E-state index contributed by atoms with van der Waals surface area (Å²) in [4.78, 5) is 46.0. The fraction of sp³-hybridized carbons (Fsp3) is 0.717. The predicted octanol–water partition coefficient (Wildman–Crippen LogP) is 10.9. The fourth-order valence-corrected chi connectivity index (χ4v) is 6.77. The van der Waals surface area contributed by atoms with Crippen LogP contribution < -0.4 is 5.73 Å². The lowest BCUT2D eigenvalue weighted by Crippen LogP contribution is -2.34. The van der Waals surface area contributed by atoms with E-state index in [1.165, 1.54) is 44.9 Å². The van der Waals surface area contributed by atoms with Gasteiger partial charge in [-0.3, -0.25) is 23.4 Å². The molecule has 0 aromatic heterocycles. The molecule has 0 aromatic rings. The van der Waals surface area contributed by atoms with Crippen molar-refractivity contribution >= 4 is 25.7 Å². The topological polar surface area (TPSA) is 184 Å². The van der Waals surface area contributed by atoms with Gasteiger partial charge in [-0.15, -0.1) is 0 Å². The van der Waals surface area contributed by atoms with Crippen LogP contribution >= 0.6 is 7.82 Å². The molecular formula is C46H78NO11P. The molecule has 3 unspecified atom stereocenters. The number of phosphoric ester groups is 1. The van der Waals surface area contributed by atoms with E-state index in [2.05, 4.69) is 79.1 Å². The number of allylic oxidation sites excluding steroid dienone is 9. The van der Waals surface area contributed by atoms with Gasteiger partial charge in [0.1, 0.15) is 12.6 Å². The standard InChI is InChI=1S/C46H78NO11P/c1-3-5-7-9-11-12-13-14-15-16-17-18-19-20-21-22-23-27-31-35-44(48)54-37-40(38-55-59(52,53)56-39-41(47)46(50)51)57-45(49)36-32-28-24-26-30-34-43-42(58-43)33-29-25-10-8-6-4-2/h11-12,14-15,17-18,20-21,25,29,40-43H,3-10,13,16,19,22-24,26-28,30-39,47H2,1-2H3,(H,50,51)(H,52,53)/b12-11-,15-14-,18-17-,21-20-,29-25-/t40-,41+,42?,43?/m1/s1. The van der Waals surface area contributed by atoms with Crippen molar-refractivity contribution in [2.45, 2.75) is 192 Å². The third kappa shape index (κ3) is 34.5. The third-order valence-electron chi connectivity index (χ3n) is 9.66. The molecule has 1 heterocycles. The molecule has 1 rings (SSSR count). The molecular weight excluding hydrogens is 773 g/mol. The van der Waals surface area contributed by atoms with Crippen LogP contribution in [0, 0.1) is 0 Å². The molecule has 0 aromatic carbocycles. The number of epoxide rings is 1. The van der Waals surface area contributed by atoms with Crippen LogP contribution in [0.3, 0.4) is 0 Å². The zero-order valence-corrected chi connectivity index (χ0v) is 37.2. The Labute approximate surface area is 355 Å². The minimum absolute atomic E-state index is 0.128. The number of carboxylic acids is 1. The van der Waals surface area contributed by atoms with E-state index in [0.717, 1.165) is 83.5 Å². The van der Waals surface area contributed by atoms with E-state index in [1.807, 2.05) is 0 Å². The summed E-state index contributed by atoms with van der Waals surface area (Å²) < 4.78 is 38.5. The summed E-state index contributed by atoms with van der Waals surface area (Å²) in [7, 11) is -4.74. The Morgan fingerprint density at radius 3 is 1.71 bits per heavy atom. The predicted molar refractivity (Wildman–Crippen MR) is 235 cm³/mol. The Bertz CT molecular complexity index is 1300. The Kier molecular flexibility index (Phi) is 33.9. The van der Waals surface area contributed by atoms with Crippen LogP contribution in [-0.2, 0) is 42.2 Å². The van der Waals surface area contributed by atoms with Gasteiger partial charge in [0.05, 0.1) is 25.4 Å². The molecule has 1 aliphatic rings. The second-order valence-electron chi connectivity index (χ2n) is 15.2. The van der Waals surface area contributed by atoms with Crippen LogP contribution in [0.15, 0.2) is 60.8 Å². The van der Waals surface area contributed by atoms with E-state index in [0.29, 0.717) is 25.0 Å². The molecule has 59 heavy (non-hydrogen) atoms. The normalized spacial score (nSPS) is 17.7. The zero-order chi connectivity index (χ0) is 43.2. The van der Waals surface area contributed by atoms with Gasteiger partial charge >= 0.3 is 25.7 Å². The summed E-state index contributed by atoms with van der Waals surface area (Å²) in [6.45, 7) is 2.68. The minimum atomic E-state index is -4.74. The smallest absolute Gasteiger partial charge is 0.472 e. The highest BCUT2D eigenvalue weighted by Crippen LogP contribution is 2.43. The molecule has 0 aliphatic carbocycles. The first-order valence-corrected chi connectivity index (χ1v) is 23.9. The van der Waals surface area contributed by atoms with Crippen LogP contribution in [-0.4, -0.2) is 72.1 Å². The molecule has 0 spiro atoms. The Balaban J connectivity index is 2.31. The number of nitrogens with two attached hydrogens (primary N) is 1. The summed E-state index contributed by atoms with van der Waals surface area (Å²) in [5, 5.41) is 8.90. The first kappa shape index (κ1) is 54.2. The van der Waals surface area contributed by atoms with Crippen LogP contribution in [0.25, 0.3) is 0 Å². The summed E-state index contributed by atoms with van der Waals surface area (Å²) in [6.07, 6.45) is 44.4. The molecule has 338 valence electrons. The second kappa shape index (κ2) is 36.9. The highest BCUT2D eigenvalue weighted by molar-refractivity contribution is 7.47. The van der Waals surface area contributed by atoms with Gasteiger partial charge in [0.2, 0.25) is 0 Å². The van der Waals surface area contributed by atoms with E-state index in [-0.39, 0.29) is 19.4 Å². The number of carbonyl (C=O) groups is 3. The van der Waals surface area contributed by atoms with Crippen molar-refractivity contribution in [1.29, 1.82) is 0 Å². The number of esters is 2. The average molecular weight is 852 g/mol. The molecule has 0 saturated carbocycles. The molecule has 1 saturated heterocycles. The summed E-state index contributed by atoms with van der Waals surface area (Å²) >= 11 is 0. The number of aliphatic carboxylic acids is 1. The number of carboxylic acid groups (broad SMARTS) is 1. The highest BCUT2D eigenvalue weighted by Gasteiger charge is 2.36. The maximum Gasteiger partial charge on any atom is 0.472 e. The van der Waals surface area contributed by atoms with Crippen LogP contribution in [0.1, 0.15) is 168 Å². The number of hydrogen-bond donors (Lipinski definition) is 3. The number of hydrogen-bond acceptors (Lipinski definition) is 10. The molecule has 1 fully saturated rings. The fourth-order valence-electron chi connectivity index (χ4n) is 5.99. The molecule has 12 nitrogen and oxygen atoms in total. The Hall–Kier alpha value is -2.86. The van der Waals surface area contributed by atoms with Gasteiger partial charge in [0, 0.05) is 12.8 Å². The van der Waals surface area contributed by atoms with Gasteiger partial charge in [-0.05, 0) is 83.5 Å². The maximum absolute atomic E-state index is 12.7. The van der Waals surface area contributed by atoms with Crippen molar-refractivity contribution in [3.63, 3.8) is 0 Å². The van der Waals surface area contributed by atoms with Crippen LogP contribution in [0.2, 0.25) is 0 Å². The Morgan fingerprint density at radius 2 is 1.12 bits per heavy atom. The molecule has 4 N–H and O–H groups in total. The molecule has 1 aliphatic heterocycles. The first-order valence-electron chi connectivity index (χ1n) is 22.4. The second-order valence-corrected chi connectivity index (χ2v) is 16.7. The lowest BCUT2D eigenvalue weighted by Gasteiger charge is -2.20. The maximum atomic E-state index is 12.7. The molecule has 0 radical (unpaired) electrons. The van der Waals surface area contributed by atoms with E-state index < -0.39 is 51.1 Å². The Morgan fingerprint density at radius 1 is 0.627 bits per heavy atom. The number of carbonyl (C=O) groups excluding carboxylic acids is 2. The molecule has 0 bridgehead atoms. The van der Waals surface area contributed by atoms with Crippen molar-refractivity contribution in [2.24, 2.45) is 5.73 Å². The van der Waals surface area contributed by atoms with E-state index in [9.17, 15) is 23.8 Å². The lowest BCUT2D eigenvalue weighted by atomic mass is 10.1.